The van der Waals surface area contributed by atoms with Crippen molar-refractivity contribution in [3.8, 4) is 0 Å². The van der Waals surface area contributed by atoms with Crippen molar-refractivity contribution in [1.82, 2.24) is 5.32 Å². The second-order valence-electron chi connectivity index (χ2n) is 5.27. The summed E-state index contributed by atoms with van der Waals surface area (Å²) in [5.41, 5.74) is 2.83. The van der Waals surface area contributed by atoms with Crippen LogP contribution < -0.4 is 10.6 Å². The van der Waals surface area contributed by atoms with Crippen LogP contribution in [0.3, 0.4) is 0 Å². The summed E-state index contributed by atoms with van der Waals surface area (Å²) in [4.78, 5) is 22.8. The molecule has 2 amide bonds. The Kier molecular flexibility index (Phi) is 5.55. The van der Waals surface area contributed by atoms with Gasteiger partial charge in [-0.15, -0.1) is 0 Å². The Morgan fingerprint density at radius 2 is 1.90 bits per heavy atom. The van der Waals surface area contributed by atoms with Gasteiger partial charge in [0.25, 0.3) is 0 Å². The number of aryl methyl sites for hydroxylation is 1. The van der Waals surface area contributed by atoms with Gasteiger partial charge in [-0.2, -0.15) is 0 Å². The highest BCUT2D eigenvalue weighted by molar-refractivity contribution is 5.90. The molecule has 0 aliphatic rings. The molecule has 3 N–H and O–H groups in total. The monoisotopic (exact) mass is 278 g/mol. The summed E-state index contributed by atoms with van der Waals surface area (Å²) in [7, 11) is 0. The minimum atomic E-state index is -0.896. The van der Waals surface area contributed by atoms with Crippen LogP contribution in [0.15, 0.2) is 18.2 Å². The normalized spacial score (nSPS) is 12.1. The maximum Gasteiger partial charge on any atom is 0.319 e. The van der Waals surface area contributed by atoms with E-state index in [4.69, 9.17) is 5.11 Å². The van der Waals surface area contributed by atoms with E-state index in [2.05, 4.69) is 10.6 Å². The van der Waals surface area contributed by atoms with Gasteiger partial charge in [0.05, 0.1) is 5.92 Å². The fraction of sp³-hybridized carbons (Fsp3) is 0.467. The average Bonchev–Trinajstić information content (AvgIpc) is 2.34. The van der Waals surface area contributed by atoms with E-state index in [-0.39, 0.29) is 18.5 Å². The molecule has 1 aromatic rings. The van der Waals surface area contributed by atoms with Crippen LogP contribution in [-0.2, 0) is 4.79 Å². The summed E-state index contributed by atoms with van der Waals surface area (Å²) in [6.07, 6.45) is 0. The third-order valence-electron chi connectivity index (χ3n) is 3.46. The molecule has 0 aromatic heterocycles. The fourth-order valence-corrected chi connectivity index (χ4v) is 1.86. The Hall–Kier alpha value is -2.04. The number of nitrogens with one attached hydrogen (secondary N) is 2. The smallest absolute Gasteiger partial charge is 0.319 e. The first-order valence-electron chi connectivity index (χ1n) is 6.66. The van der Waals surface area contributed by atoms with Crippen molar-refractivity contribution < 1.29 is 14.7 Å². The number of aliphatic carboxylic acids is 1. The molecular formula is C15H22N2O3. The van der Waals surface area contributed by atoms with Crippen molar-refractivity contribution in [2.75, 3.05) is 11.9 Å². The molecule has 0 bridgehead atoms. The molecule has 0 saturated heterocycles. The van der Waals surface area contributed by atoms with Crippen molar-refractivity contribution in [2.24, 2.45) is 11.8 Å². The van der Waals surface area contributed by atoms with E-state index in [9.17, 15) is 9.59 Å². The summed E-state index contributed by atoms with van der Waals surface area (Å²) in [6.45, 7) is 7.66. The van der Waals surface area contributed by atoms with Crippen LogP contribution >= 0.6 is 0 Å². The van der Waals surface area contributed by atoms with E-state index in [1.165, 1.54) is 0 Å². The quantitative estimate of drug-likeness (QED) is 0.775. The van der Waals surface area contributed by atoms with E-state index in [1.807, 2.05) is 45.9 Å². The van der Waals surface area contributed by atoms with Gasteiger partial charge >= 0.3 is 12.0 Å². The van der Waals surface area contributed by atoms with Crippen molar-refractivity contribution in [1.29, 1.82) is 0 Å². The lowest BCUT2D eigenvalue weighted by molar-refractivity contribution is -0.142. The highest BCUT2D eigenvalue weighted by Crippen LogP contribution is 2.17. The largest absolute Gasteiger partial charge is 0.481 e. The predicted molar refractivity (Wildman–Crippen MR) is 78.9 cm³/mol. The van der Waals surface area contributed by atoms with E-state index >= 15 is 0 Å². The molecule has 0 fully saturated rings. The molecule has 1 rings (SSSR count). The number of anilines is 1. The molecule has 1 aromatic carbocycles. The lowest BCUT2D eigenvalue weighted by Gasteiger charge is -2.17. The van der Waals surface area contributed by atoms with Gasteiger partial charge in [-0.3, -0.25) is 4.79 Å². The third kappa shape index (κ3) is 4.26. The highest BCUT2D eigenvalue weighted by Gasteiger charge is 2.21. The summed E-state index contributed by atoms with van der Waals surface area (Å²) in [5.74, 6) is -1.51. The lowest BCUT2D eigenvalue weighted by atomic mass is 9.96. The molecule has 20 heavy (non-hydrogen) atoms. The lowest BCUT2D eigenvalue weighted by Crippen LogP contribution is -2.37. The van der Waals surface area contributed by atoms with Crippen LogP contribution in [0.5, 0.6) is 0 Å². The van der Waals surface area contributed by atoms with Crippen molar-refractivity contribution in [3.05, 3.63) is 29.3 Å². The Bertz CT molecular complexity index is 498. The zero-order valence-corrected chi connectivity index (χ0v) is 12.4. The summed E-state index contributed by atoms with van der Waals surface area (Å²) in [5, 5.41) is 14.4. The van der Waals surface area contributed by atoms with Gasteiger partial charge in [0.15, 0.2) is 0 Å². The molecule has 1 unspecified atom stereocenters. The number of hydrogen-bond donors (Lipinski definition) is 3. The molecule has 5 heteroatoms. The van der Waals surface area contributed by atoms with E-state index in [1.54, 1.807) is 0 Å². The molecule has 1 atom stereocenters. The minimum absolute atomic E-state index is 0.0338. The minimum Gasteiger partial charge on any atom is -0.481 e. The van der Waals surface area contributed by atoms with Crippen LogP contribution in [0, 0.1) is 25.7 Å². The molecule has 0 aliphatic carbocycles. The zero-order chi connectivity index (χ0) is 15.3. The third-order valence-corrected chi connectivity index (χ3v) is 3.46. The Balaban J connectivity index is 2.60. The molecule has 0 spiro atoms. The SMILES string of the molecule is Cc1cccc(NC(=O)NCC(C(=O)O)C(C)C)c1C. The maximum atomic E-state index is 11.8. The number of urea groups is 1. The van der Waals surface area contributed by atoms with Crippen LogP contribution in [0.4, 0.5) is 10.5 Å². The molecule has 5 nitrogen and oxygen atoms in total. The number of carbonyl (C=O) groups is 2. The van der Waals surface area contributed by atoms with Crippen molar-refractivity contribution in [3.63, 3.8) is 0 Å². The van der Waals surface area contributed by atoms with E-state index in [0.717, 1.165) is 16.8 Å². The predicted octanol–water partition coefficient (Wildman–Crippen LogP) is 2.78. The van der Waals surface area contributed by atoms with Crippen molar-refractivity contribution >= 4 is 17.7 Å². The summed E-state index contributed by atoms with van der Waals surface area (Å²) in [6, 6.07) is 5.27. The number of carbonyl (C=O) groups excluding carboxylic acids is 1. The summed E-state index contributed by atoms with van der Waals surface area (Å²) < 4.78 is 0. The first-order valence-corrected chi connectivity index (χ1v) is 6.66. The molecule has 0 saturated carbocycles. The highest BCUT2D eigenvalue weighted by atomic mass is 16.4. The Morgan fingerprint density at radius 3 is 2.45 bits per heavy atom. The number of benzene rings is 1. The maximum absolute atomic E-state index is 11.8. The van der Waals surface area contributed by atoms with Crippen LogP contribution in [0.1, 0.15) is 25.0 Å². The van der Waals surface area contributed by atoms with Gasteiger partial charge < -0.3 is 15.7 Å². The van der Waals surface area contributed by atoms with Gasteiger partial charge in [-0.05, 0) is 37.0 Å². The second-order valence-corrected chi connectivity index (χ2v) is 5.27. The topological polar surface area (TPSA) is 78.4 Å². The first-order chi connectivity index (χ1) is 9.32. The van der Waals surface area contributed by atoms with Gasteiger partial charge in [-0.25, -0.2) is 4.79 Å². The number of carboxylic acids is 1. The Labute approximate surface area is 119 Å². The van der Waals surface area contributed by atoms with Crippen LogP contribution in [0.25, 0.3) is 0 Å². The van der Waals surface area contributed by atoms with Gasteiger partial charge in [0, 0.05) is 12.2 Å². The van der Waals surface area contributed by atoms with E-state index in [0.29, 0.717) is 0 Å². The number of carboxylic acid groups (broad SMARTS) is 1. The molecule has 0 heterocycles. The van der Waals surface area contributed by atoms with Gasteiger partial charge in [0.1, 0.15) is 0 Å². The standard InChI is InChI=1S/C15H22N2O3/c1-9(2)12(14(18)19)8-16-15(20)17-13-7-5-6-10(3)11(13)4/h5-7,9,12H,8H2,1-4H3,(H,18,19)(H2,16,17,20). The van der Waals surface area contributed by atoms with Gasteiger partial charge in [0.2, 0.25) is 0 Å². The first kappa shape index (κ1) is 16.0. The number of hydrogen-bond acceptors (Lipinski definition) is 2. The summed E-state index contributed by atoms with van der Waals surface area (Å²) >= 11 is 0. The average molecular weight is 278 g/mol. The number of amides is 2. The molecule has 110 valence electrons. The van der Waals surface area contributed by atoms with Crippen LogP contribution in [0.2, 0.25) is 0 Å². The zero-order valence-electron chi connectivity index (χ0n) is 12.4. The number of rotatable bonds is 5. The molecular weight excluding hydrogens is 256 g/mol. The fourth-order valence-electron chi connectivity index (χ4n) is 1.86. The van der Waals surface area contributed by atoms with Gasteiger partial charge in [-0.1, -0.05) is 26.0 Å². The van der Waals surface area contributed by atoms with Crippen LogP contribution in [-0.4, -0.2) is 23.7 Å². The van der Waals surface area contributed by atoms with Crippen molar-refractivity contribution in [2.45, 2.75) is 27.7 Å². The Morgan fingerprint density at radius 1 is 1.25 bits per heavy atom. The van der Waals surface area contributed by atoms with E-state index < -0.39 is 11.9 Å². The molecule has 0 radical (unpaired) electrons. The second kappa shape index (κ2) is 6.93. The molecule has 0 aliphatic heterocycles.